The van der Waals surface area contributed by atoms with Crippen LogP contribution in [0.25, 0.3) is 27.9 Å². The van der Waals surface area contributed by atoms with Crippen LogP contribution in [0.15, 0.2) is 78.2 Å². The molecular formula is C32H24Cl2F2N8O3S. The van der Waals surface area contributed by atoms with Crippen molar-refractivity contribution < 1.29 is 21.9 Å². The van der Waals surface area contributed by atoms with Crippen molar-refractivity contribution >= 4 is 78.2 Å². The molecule has 11 nitrogen and oxygen atoms in total. The average molecular weight is 710 g/mol. The summed E-state index contributed by atoms with van der Waals surface area (Å²) < 4.78 is 66.8. The third-order valence-corrected chi connectivity index (χ3v) is 10.9. The lowest BCUT2D eigenvalue weighted by molar-refractivity contribution is 0.0908. The number of fused-ring (bicyclic) bond motifs is 4. The van der Waals surface area contributed by atoms with Gasteiger partial charge in [0, 0.05) is 0 Å². The highest BCUT2D eigenvalue weighted by Gasteiger charge is 2.38. The molecule has 6 aromatic rings. The zero-order valence-electron chi connectivity index (χ0n) is 24.7. The number of para-hydroxylation sites is 1. The predicted octanol–water partition coefficient (Wildman–Crippen LogP) is 6.86. The first kappa shape index (κ1) is 30.7. The number of imidazole rings is 1. The van der Waals surface area contributed by atoms with Crippen LogP contribution in [0.5, 0.6) is 0 Å². The SMILES string of the molecule is O=S(=O)(Nc1ccc(F)c(Nc2ncnc3ccc(-n4cnc5c(N6C7CCC6COC7)cccc54)nc23)c1F)c1cccc(Cl)c1Cl. The topological polar surface area (TPSA) is 127 Å². The van der Waals surface area contributed by atoms with E-state index < -0.39 is 33.0 Å². The summed E-state index contributed by atoms with van der Waals surface area (Å²) in [6.07, 6.45) is 5.04. The number of benzene rings is 3. The van der Waals surface area contributed by atoms with Gasteiger partial charge < -0.3 is 15.0 Å². The number of anilines is 4. The molecule has 2 fully saturated rings. The molecule has 2 unspecified atom stereocenters. The monoisotopic (exact) mass is 708 g/mol. The summed E-state index contributed by atoms with van der Waals surface area (Å²) in [6.45, 7) is 1.36. The predicted molar refractivity (Wildman–Crippen MR) is 179 cm³/mol. The summed E-state index contributed by atoms with van der Waals surface area (Å²) in [6, 6.07) is 16.0. The molecule has 3 aromatic carbocycles. The van der Waals surface area contributed by atoms with E-state index >= 15 is 8.78 Å². The van der Waals surface area contributed by atoms with E-state index in [2.05, 4.69) is 31.0 Å². The standard InChI is InChI=1S/C32H24Cl2F2N8O3S/c33-19-3-1-6-25(27(19)34)48(45,46)42-21-10-9-20(35)29(28(21)36)41-32-30-22(37-15-38-32)11-12-26(40-30)43-16-39-31-23(43)4-2-5-24(31)44-17-7-8-18(44)14-47-13-17/h1-6,9-12,15-18,42H,7-8,13-14H2,(H,37,38,41). The number of ether oxygens (including phenoxy) is 1. The number of halogens is 4. The fourth-order valence-corrected chi connectivity index (χ4v) is 8.17. The molecule has 48 heavy (non-hydrogen) atoms. The highest BCUT2D eigenvalue weighted by Crippen LogP contribution is 2.38. The van der Waals surface area contributed by atoms with Gasteiger partial charge in [0.1, 0.15) is 45.9 Å². The van der Waals surface area contributed by atoms with Crippen LogP contribution in [-0.2, 0) is 14.8 Å². The summed E-state index contributed by atoms with van der Waals surface area (Å²) in [7, 11) is -4.40. The van der Waals surface area contributed by atoms with Crippen molar-refractivity contribution in [3.8, 4) is 5.82 Å². The molecule has 0 amide bonds. The second-order valence-corrected chi connectivity index (χ2v) is 13.9. The minimum absolute atomic E-state index is 0.00267. The molecule has 5 heterocycles. The molecule has 2 atom stereocenters. The van der Waals surface area contributed by atoms with Crippen LogP contribution in [0.3, 0.4) is 0 Å². The molecule has 8 rings (SSSR count). The molecular weight excluding hydrogens is 685 g/mol. The lowest BCUT2D eigenvalue weighted by atomic mass is 10.2. The molecule has 2 aliphatic rings. The Bertz CT molecular complexity index is 2340. The fourth-order valence-electron chi connectivity index (χ4n) is 6.35. The van der Waals surface area contributed by atoms with E-state index in [-0.39, 0.29) is 26.3 Å². The Morgan fingerprint density at radius 3 is 2.50 bits per heavy atom. The molecule has 244 valence electrons. The first-order valence-corrected chi connectivity index (χ1v) is 17.1. The summed E-state index contributed by atoms with van der Waals surface area (Å²) in [5, 5.41) is 2.42. The minimum atomic E-state index is -4.40. The Balaban J connectivity index is 1.15. The summed E-state index contributed by atoms with van der Waals surface area (Å²) in [5.41, 5.74) is 2.12. The number of nitrogens with zero attached hydrogens (tertiary/aromatic N) is 6. The highest BCUT2D eigenvalue weighted by atomic mass is 35.5. The molecule has 0 radical (unpaired) electrons. The van der Waals surface area contributed by atoms with Crippen molar-refractivity contribution in [1.82, 2.24) is 24.5 Å². The lowest BCUT2D eigenvalue weighted by Gasteiger charge is -2.36. The Morgan fingerprint density at radius 1 is 0.896 bits per heavy atom. The van der Waals surface area contributed by atoms with Crippen molar-refractivity contribution in [3.05, 3.63) is 95.0 Å². The number of morpholine rings is 1. The average Bonchev–Trinajstić information content (AvgIpc) is 3.62. The van der Waals surface area contributed by atoms with Crippen molar-refractivity contribution in [2.24, 2.45) is 0 Å². The minimum Gasteiger partial charge on any atom is -0.377 e. The van der Waals surface area contributed by atoms with Crippen molar-refractivity contribution in [1.29, 1.82) is 0 Å². The lowest BCUT2D eigenvalue weighted by Crippen LogP contribution is -2.46. The van der Waals surface area contributed by atoms with E-state index in [1.54, 1.807) is 18.5 Å². The maximum absolute atomic E-state index is 15.8. The molecule has 2 saturated heterocycles. The Morgan fingerprint density at radius 2 is 1.69 bits per heavy atom. The summed E-state index contributed by atoms with van der Waals surface area (Å²) >= 11 is 12.1. The van der Waals surface area contributed by atoms with Crippen LogP contribution in [0.1, 0.15) is 12.8 Å². The number of pyridine rings is 1. The van der Waals surface area contributed by atoms with Crippen LogP contribution in [-0.4, -0.2) is 58.2 Å². The summed E-state index contributed by atoms with van der Waals surface area (Å²) in [4.78, 5) is 20.0. The van der Waals surface area contributed by atoms with Crippen LogP contribution in [0, 0.1) is 11.6 Å². The number of rotatable bonds is 7. The normalized spacial score (nSPS) is 17.7. The molecule has 2 aliphatic heterocycles. The van der Waals surface area contributed by atoms with Gasteiger partial charge in [0.2, 0.25) is 0 Å². The maximum Gasteiger partial charge on any atom is 0.263 e. The van der Waals surface area contributed by atoms with Gasteiger partial charge in [-0.1, -0.05) is 35.3 Å². The fraction of sp³-hybridized carbons (Fsp3) is 0.188. The van der Waals surface area contributed by atoms with Gasteiger partial charge in [-0.25, -0.2) is 37.1 Å². The molecule has 0 spiro atoms. The van der Waals surface area contributed by atoms with E-state index in [4.69, 9.17) is 37.9 Å². The molecule has 2 N–H and O–H groups in total. The van der Waals surface area contributed by atoms with Gasteiger partial charge >= 0.3 is 0 Å². The van der Waals surface area contributed by atoms with E-state index in [1.807, 2.05) is 16.7 Å². The second-order valence-electron chi connectivity index (χ2n) is 11.4. The van der Waals surface area contributed by atoms with Crippen molar-refractivity contribution in [2.45, 2.75) is 29.8 Å². The first-order chi connectivity index (χ1) is 23.2. The molecule has 3 aromatic heterocycles. The van der Waals surface area contributed by atoms with Gasteiger partial charge in [0.25, 0.3) is 10.0 Å². The van der Waals surface area contributed by atoms with Gasteiger partial charge in [0.15, 0.2) is 11.6 Å². The van der Waals surface area contributed by atoms with E-state index in [9.17, 15) is 8.42 Å². The highest BCUT2D eigenvalue weighted by molar-refractivity contribution is 7.92. The van der Waals surface area contributed by atoms with E-state index in [0.29, 0.717) is 36.6 Å². The Kier molecular flexibility index (Phi) is 7.55. The third kappa shape index (κ3) is 5.15. The van der Waals surface area contributed by atoms with Crippen molar-refractivity contribution in [3.63, 3.8) is 0 Å². The number of nitrogens with one attached hydrogen (secondary N) is 2. The van der Waals surface area contributed by atoms with Gasteiger partial charge in [-0.05, 0) is 61.4 Å². The number of sulfonamides is 1. The second kappa shape index (κ2) is 11.8. The maximum atomic E-state index is 15.8. The molecule has 0 aliphatic carbocycles. The third-order valence-electron chi connectivity index (χ3n) is 8.57. The Labute approximate surface area is 282 Å². The summed E-state index contributed by atoms with van der Waals surface area (Å²) in [5.74, 6) is -1.74. The van der Waals surface area contributed by atoms with Gasteiger partial charge in [0.05, 0.1) is 57.8 Å². The van der Waals surface area contributed by atoms with Crippen LogP contribution in [0.2, 0.25) is 10.0 Å². The van der Waals surface area contributed by atoms with Crippen LogP contribution >= 0.6 is 23.2 Å². The number of hydrogen-bond acceptors (Lipinski definition) is 9. The molecule has 2 bridgehead atoms. The quantitative estimate of drug-likeness (QED) is 0.183. The number of aromatic nitrogens is 5. The Hall–Kier alpha value is -4.63. The zero-order chi connectivity index (χ0) is 33.2. The van der Waals surface area contributed by atoms with Gasteiger partial charge in [-0.15, -0.1) is 0 Å². The van der Waals surface area contributed by atoms with Gasteiger partial charge in [-0.2, -0.15) is 0 Å². The van der Waals surface area contributed by atoms with Crippen LogP contribution in [0.4, 0.5) is 31.7 Å². The van der Waals surface area contributed by atoms with Crippen LogP contribution < -0.4 is 14.9 Å². The molecule has 0 saturated carbocycles. The van der Waals surface area contributed by atoms with Crippen molar-refractivity contribution in [2.75, 3.05) is 28.2 Å². The number of hydrogen-bond donors (Lipinski definition) is 2. The zero-order valence-corrected chi connectivity index (χ0v) is 27.1. The van der Waals surface area contributed by atoms with E-state index in [1.165, 1.54) is 24.5 Å². The van der Waals surface area contributed by atoms with Gasteiger partial charge in [-0.3, -0.25) is 9.29 Å². The van der Waals surface area contributed by atoms with E-state index in [0.717, 1.165) is 41.7 Å². The largest absolute Gasteiger partial charge is 0.377 e. The first-order valence-electron chi connectivity index (χ1n) is 14.9. The smallest absolute Gasteiger partial charge is 0.263 e. The molecule has 16 heteroatoms.